The van der Waals surface area contributed by atoms with E-state index in [1.54, 1.807) is 68.5 Å². The highest BCUT2D eigenvalue weighted by atomic mass is 16.5. The third kappa shape index (κ3) is 43.9. The molecule has 12 rings (SSSR count). The van der Waals surface area contributed by atoms with Crippen LogP contribution in [0.25, 0.3) is 4.85 Å². The van der Waals surface area contributed by atoms with Crippen molar-refractivity contribution in [3.63, 3.8) is 0 Å². The Morgan fingerprint density at radius 3 is 1.29 bits per heavy atom. The van der Waals surface area contributed by atoms with Crippen molar-refractivity contribution in [2.24, 2.45) is 5.73 Å². The summed E-state index contributed by atoms with van der Waals surface area (Å²) in [5.41, 5.74) is 16.5. The van der Waals surface area contributed by atoms with Gasteiger partial charge in [-0.25, -0.2) is 94.7 Å². The van der Waals surface area contributed by atoms with E-state index in [4.69, 9.17) is 37.5 Å². The van der Waals surface area contributed by atoms with Crippen molar-refractivity contribution in [1.29, 1.82) is 0 Å². The summed E-state index contributed by atoms with van der Waals surface area (Å²) in [5, 5.41) is 68.6. The van der Waals surface area contributed by atoms with Crippen molar-refractivity contribution in [2.75, 3.05) is 94.5 Å². The van der Waals surface area contributed by atoms with Crippen molar-refractivity contribution in [1.82, 2.24) is 110 Å². The number of carbonyl (C=O) groups excluding carboxylic acids is 4. The van der Waals surface area contributed by atoms with Gasteiger partial charge in [0.1, 0.15) is 103 Å². The summed E-state index contributed by atoms with van der Waals surface area (Å²) in [6.45, 7) is 57.1. The van der Waals surface area contributed by atoms with Crippen LogP contribution < -0.4 is 26.2 Å². The largest absolute Gasteiger partial charge is 0.395 e. The molecular weight excluding hydrogens is 1710 g/mol. The van der Waals surface area contributed by atoms with Crippen molar-refractivity contribution in [3.8, 4) is 0 Å². The molecule has 0 spiro atoms. The fourth-order valence-corrected chi connectivity index (χ4v) is 10.9. The Balaban J connectivity index is 0.000000505. The summed E-state index contributed by atoms with van der Waals surface area (Å²) >= 11 is 0. The number of nitrogens with zero attached hydrogens (tertiary/aromatic N) is 24. The van der Waals surface area contributed by atoms with Crippen LogP contribution in [0, 0.1) is 6.57 Å². The number of β-amino-alcohol motifs (C(OH)–C–C–N with tert-alkyl or cyclic N) is 1. The molecule has 0 bridgehead atoms. The summed E-state index contributed by atoms with van der Waals surface area (Å²) in [6.07, 6.45) is 13.5. The number of morpholine rings is 1. The molecule has 12 heterocycles. The first-order chi connectivity index (χ1) is 62.9. The van der Waals surface area contributed by atoms with Crippen molar-refractivity contribution in [3.05, 3.63) is 226 Å². The van der Waals surface area contributed by atoms with Gasteiger partial charge in [-0.3, -0.25) is 19.2 Å². The minimum Gasteiger partial charge on any atom is -0.395 e. The Hall–Kier alpha value is -12.6. The Bertz CT molecular complexity index is 5120. The zero-order chi connectivity index (χ0) is 99.6. The van der Waals surface area contributed by atoms with E-state index >= 15 is 0 Å². The standard InChI is InChI=1S/C12H17N3O2.C11H19N3O2.C10H15N3O.C10H16N2O.2C9H13N3O.C9H14N2O2.C8H11N3O.C8H9N3.C8H12N2O.CH4/c1-9(2)10-7-11(14-8-13-10)12(16)15-3-5-17-6-4-15;1-9(2)10-7-11(13-8-12-10)14(3-5-15)4-6-16;1-7(2)9-3-10(12-6-11-9)13-4-8(14)5-13;1-7(2)8-5-9(10(3,4)13)12-6-11-8;1-6(2)7-4-8(9(13)10-3)12-5-11-7;1-6(2)8-4-9(11-5-10-8)12-7(3)13;1-6(2)7-3-8(9(13)4-12)11-5-10-7;1-5(2)6-3-7(8(9)12)11-4-10-6;1-6(2)7-4-8(9-3)11-5-10-7;1-6(2)8-3-7(4-11)9-5-10-8;/h7-9H,3-6H2,1-2H3;7-9,15-16H,3-6H2,1-2H3;3,6-8,14H,4-5H2,1-2H3;5-7,13H,1-4H3;4-6H,1-3H3,(H,10,13);4-6H,1-3H3,(H,10,11,12,13);3,5-6,9,12-13H,4H2,1-2H3;3-5H,1-2H3,(H2,9,12);4-6H,1-2H3;3,5-6,11H,4H2,1-2H3;1H4. The lowest BCUT2D eigenvalue weighted by Crippen LogP contribution is -2.51. The highest BCUT2D eigenvalue weighted by Crippen LogP contribution is 2.25. The predicted molar refractivity (Wildman–Crippen MR) is 515 cm³/mol. The third-order valence-electron chi connectivity index (χ3n) is 19.0. The zero-order valence-corrected chi connectivity index (χ0v) is 81.4. The smallest absolute Gasteiger partial charge is 0.273 e. The molecule has 4 amide bonds. The highest BCUT2D eigenvalue weighted by molar-refractivity contribution is 5.93. The lowest BCUT2D eigenvalue weighted by atomic mass is 10.0. The monoisotopic (exact) mass is 1850 g/mol. The van der Waals surface area contributed by atoms with E-state index in [9.17, 15) is 34.5 Å². The van der Waals surface area contributed by atoms with E-state index in [-0.39, 0.29) is 69.3 Å². The third-order valence-corrected chi connectivity index (χ3v) is 19.0. The maximum atomic E-state index is 12.2. The number of primary amides is 1. The number of nitrogens with two attached hydrogens (primary N) is 1. The van der Waals surface area contributed by atoms with Gasteiger partial charge in [-0.15, -0.1) is 4.98 Å². The van der Waals surface area contributed by atoms with Gasteiger partial charge in [-0.1, -0.05) is 152 Å². The maximum absolute atomic E-state index is 12.2. The number of ether oxygens (including phenoxy) is 1. The summed E-state index contributed by atoms with van der Waals surface area (Å²) in [4.78, 5) is 134. The fourth-order valence-electron chi connectivity index (χ4n) is 10.9. The molecule has 0 aromatic carbocycles. The van der Waals surface area contributed by atoms with E-state index in [1.165, 1.54) is 63.9 Å². The number of aliphatic hydroxyl groups is 7. The van der Waals surface area contributed by atoms with E-state index in [1.807, 2.05) is 112 Å². The van der Waals surface area contributed by atoms with Crippen LogP contribution in [0.1, 0.15) is 337 Å². The topological polar surface area (TPSA) is 541 Å². The van der Waals surface area contributed by atoms with Crippen LogP contribution in [0.2, 0.25) is 0 Å². The summed E-state index contributed by atoms with van der Waals surface area (Å²) < 4.78 is 5.22. The summed E-state index contributed by atoms with van der Waals surface area (Å²) in [6, 6.07) is 17.9. The first-order valence-corrected chi connectivity index (χ1v) is 44.2. The number of hydrogen-bond acceptors (Lipinski definition) is 34. The molecule has 10 aromatic rings. The second-order valence-electron chi connectivity index (χ2n) is 33.9. The number of rotatable bonds is 24. The molecule has 0 aliphatic carbocycles. The van der Waals surface area contributed by atoms with Gasteiger partial charge < -0.3 is 76.4 Å². The average molecular weight is 1860 g/mol. The molecule has 730 valence electrons. The second-order valence-corrected chi connectivity index (χ2v) is 33.9. The first-order valence-electron chi connectivity index (χ1n) is 44.2. The number of hydrogen-bond donors (Lipinski definition) is 10. The van der Waals surface area contributed by atoms with Crippen molar-refractivity contribution >= 4 is 46.9 Å². The molecule has 39 heteroatoms. The number of amides is 4. The number of aliphatic hydroxyl groups excluding tert-OH is 6. The fraction of sp³-hybridized carbons (Fsp3) is 0.526. The van der Waals surface area contributed by atoms with Crippen molar-refractivity contribution < 1.29 is 59.7 Å². The van der Waals surface area contributed by atoms with Crippen LogP contribution in [0.5, 0.6) is 0 Å². The van der Waals surface area contributed by atoms with Crippen LogP contribution >= 0.6 is 0 Å². The van der Waals surface area contributed by atoms with Gasteiger partial charge in [0.15, 0.2) is 0 Å². The molecular formula is C95H143N27O12. The Morgan fingerprint density at radius 1 is 0.478 bits per heavy atom. The first kappa shape index (κ1) is 118. The van der Waals surface area contributed by atoms with Crippen LogP contribution in [-0.4, -0.2) is 249 Å². The highest BCUT2D eigenvalue weighted by Gasteiger charge is 2.27. The number of nitrogens with one attached hydrogen (secondary N) is 2. The van der Waals surface area contributed by atoms with Gasteiger partial charge in [0.05, 0.1) is 62.8 Å². The molecule has 2 fully saturated rings. The molecule has 2 saturated heterocycles. The van der Waals surface area contributed by atoms with Gasteiger partial charge >= 0.3 is 0 Å². The summed E-state index contributed by atoms with van der Waals surface area (Å²) in [5.74, 6) is 5.23. The molecule has 134 heavy (non-hydrogen) atoms. The molecule has 0 radical (unpaired) electrons. The van der Waals surface area contributed by atoms with Crippen molar-refractivity contribution in [2.45, 2.75) is 250 Å². The van der Waals surface area contributed by atoms with Crippen LogP contribution in [0.15, 0.2) is 124 Å². The van der Waals surface area contributed by atoms with Gasteiger partial charge in [0, 0.05) is 128 Å². The molecule has 2 aliphatic rings. The van der Waals surface area contributed by atoms with E-state index in [0.29, 0.717) is 146 Å². The van der Waals surface area contributed by atoms with Crippen LogP contribution in [0.3, 0.4) is 0 Å². The van der Waals surface area contributed by atoms with Gasteiger partial charge in [0.25, 0.3) is 23.5 Å². The lowest BCUT2D eigenvalue weighted by molar-refractivity contribution is -0.114. The normalized spacial score (nSPS) is 12.2. The maximum Gasteiger partial charge on any atom is 0.273 e. The Kier molecular flexibility index (Phi) is 54.4. The van der Waals surface area contributed by atoms with Gasteiger partial charge in [-0.05, 0) is 115 Å². The number of aromatic nitrogens is 20. The molecule has 10 aromatic heterocycles. The zero-order valence-electron chi connectivity index (χ0n) is 81.4. The quantitative estimate of drug-likeness (QED) is 0.0251. The van der Waals surface area contributed by atoms with Gasteiger partial charge in [-0.2, -0.15) is 0 Å². The minimum atomic E-state index is -0.902. The van der Waals surface area contributed by atoms with Gasteiger partial charge in [0.2, 0.25) is 12.2 Å². The SMILES string of the molecule is C.CC(=O)Nc1cc(C(C)C)ncn1.CC(C)c1cc(C(=O)N2CCOCC2)ncn1.CC(C)c1cc(C(C)(C)O)ncn1.CC(C)c1cc(C(N)=O)ncn1.CC(C)c1cc(C(O)CO)ncn1.CC(C)c1cc(CO)ncn1.CC(C)c1cc(N(CCO)CCO)ncn1.CC(C)c1cc(N2CC(O)C2)ncn1.CNC(=O)c1cc(C(C)C)ncn1.[C-]#[N+]c1cc(C(C)C)ncn1. The predicted octanol–water partition coefficient (Wildman–Crippen LogP) is 11.8. The molecule has 39 nitrogen and oxygen atoms in total. The average Bonchev–Trinajstić information content (AvgIpc) is 0.823. The van der Waals surface area contributed by atoms with E-state index in [0.717, 1.165) is 68.6 Å². The number of anilines is 3. The molecule has 2 aliphatic heterocycles. The molecule has 1 atom stereocenters. The second kappa shape index (κ2) is 62.0. The molecule has 0 saturated carbocycles. The number of carbonyl (C=O) groups is 4. The van der Waals surface area contributed by atoms with Crippen LogP contribution in [-0.2, 0) is 21.7 Å². The van der Waals surface area contributed by atoms with E-state index < -0.39 is 17.6 Å². The Labute approximate surface area is 789 Å². The lowest BCUT2D eigenvalue weighted by Gasteiger charge is -2.36. The minimum absolute atomic E-state index is 0. The molecule has 1 unspecified atom stereocenters. The molecule has 11 N–H and O–H groups in total. The van der Waals surface area contributed by atoms with E-state index in [2.05, 4.69) is 175 Å². The van der Waals surface area contributed by atoms with Crippen LogP contribution in [0.4, 0.5) is 23.3 Å². The summed E-state index contributed by atoms with van der Waals surface area (Å²) in [7, 11) is 1.58. The Morgan fingerprint density at radius 2 is 0.851 bits per heavy atom.